The van der Waals surface area contributed by atoms with Crippen LogP contribution in [0.25, 0.3) is 22.0 Å². The number of aromatic nitrogens is 4. The molecule has 4 aliphatic heterocycles. The van der Waals surface area contributed by atoms with Gasteiger partial charge in [0, 0.05) is 144 Å². The van der Waals surface area contributed by atoms with Crippen molar-refractivity contribution in [2.75, 3.05) is 83.5 Å². The summed E-state index contributed by atoms with van der Waals surface area (Å²) in [5.41, 5.74) is 6.36. The standard InChI is InChI=1S/C77H111N9O15S/c1-45(2)86-61-40-56(39-57(59(61)44-81-86)73(92)80-43-58-48(5)35-51(8)82-74(58)93)55-19-21-68(79-42-55)84-28-26-83(27-29-84)25-23-78-69(90)22-31-102-30-15-16-54-33-46(3)32-47(4)34-66(98-11)71-67(99-12)37-50(7)77(96,101-71)72(91)75(94)85-24-14-13-17-60(85)76(95)100-70(52(9)63(88)41-64(54)89)49(6)36-53-18-20-62(87)65(38-53)97-10/h19,21,33,35-36,39-40,42,44-45,47,50,52-54,60,62-63,65-67,70-71,87-88,96H,13-18,20,22-32,34,37-38,41,43H2,1-12H3,(H,78,90)(H,80,92)(H,82,93)/b46-33+,49-36+/t47-,50+,52+,53-,54+,60-,62+,63-,65+,66-,67-,70+,71+,77+/m0/s1. The summed E-state index contributed by atoms with van der Waals surface area (Å²) >= 11 is 1.65. The van der Waals surface area contributed by atoms with Crippen LogP contribution in [0.5, 0.6) is 0 Å². The molecule has 0 spiro atoms. The van der Waals surface area contributed by atoms with Crippen molar-refractivity contribution in [2.24, 2.45) is 29.6 Å². The molecule has 2 bridgehead atoms. The number of ketones is 2. The van der Waals surface area contributed by atoms with E-state index in [1.54, 1.807) is 38.9 Å². The number of piperidine rings is 1. The number of aliphatic hydroxyl groups is 3. The summed E-state index contributed by atoms with van der Waals surface area (Å²) in [5, 5.41) is 46.6. The van der Waals surface area contributed by atoms with Gasteiger partial charge in [-0.2, -0.15) is 16.9 Å². The largest absolute Gasteiger partial charge is 0.456 e. The maximum absolute atomic E-state index is 14.8. The van der Waals surface area contributed by atoms with E-state index in [9.17, 15) is 48.9 Å². The van der Waals surface area contributed by atoms with Gasteiger partial charge in [0.15, 0.2) is 0 Å². The molecule has 4 aromatic rings. The van der Waals surface area contributed by atoms with E-state index in [1.807, 2.05) is 102 Å². The fourth-order valence-electron chi connectivity index (χ4n) is 15.6. The Hall–Kier alpha value is -6.68. The number of benzene rings is 1. The highest BCUT2D eigenvalue weighted by molar-refractivity contribution is 7.99. The molecule has 7 heterocycles. The Labute approximate surface area is 604 Å². The molecule has 3 aromatic heterocycles. The summed E-state index contributed by atoms with van der Waals surface area (Å²) in [6.07, 6.45) is 7.24. The summed E-state index contributed by atoms with van der Waals surface area (Å²) in [7, 11) is 4.61. The van der Waals surface area contributed by atoms with E-state index in [0.29, 0.717) is 111 Å². The number of allylic oxidation sites excluding steroid dienone is 3. The maximum Gasteiger partial charge on any atom is 0.329 e. The number of aryl methyl sites for hydroxylation is 2. The predicted octanol–water partition coefficient (Wildman–Crippen LogP) is 8.13. The number of methoxy groups -OCH3 is 3. The number of hydrogen-bond acceptors (Lipinski definition) is 20. The lowest BCUT2D eigenvalue weighted by Gasteiger charge is -2.47. The van der Waals surface area contributed by atoms with Crippen molar-refractivity contribution < 1.29 is 67.8 Å². The molecule has 6 N–H and O–H groups in total. The normalized spacial score (nSPS) is 29.2. The van der Waals surface area contributed by atoms with Gasteiger partial charge in [0.05, 0.1) is 47.8 Å². The molecule has 3 saturated heterocycles. The molecule has 560 valence electrons. The molecular weight excluding hydrogens is 1320 g/mol. The summed E-state index contributed by atoms with van der Waals surface area (Å²) < 4.78 is 32.3. The minimum Gasteiger partial charge on any atom is -0.456 e. The lowest BCUT2D eigenvalue weighted by atomic mass is 9.81. The predicted molar refractivity (Wildman–Crippen MR) is 392 cm³/mol. The second kappa shape index (κ2) is 36.4. The number of thioether (sulfide) groups is 1. The number of carbonyl (C=O) groups excluding carboxylic acids is 6. The average Bonchev–Trinajstić information content (AvgIpc) is 1.15. The van der Waals surface area contributed by atoms with E-state index in [0.717, 1.165) is 65.5 Å². The number of Topliss-reactive ketones (excluding diaryl/α,β-unsaturated/α-hetero) is 2. The van der Waals surface area contributed by atoms with E-state index in [1.165, 1.54) is 19.1 Å². The van der Waals surface area contributed by atoms with Gasteiger partial charge in [-0.15, -0.1) is 0 Å². The Morgan fingerprint density at radius 3 is 2.27 bits per heavy atom. The zero-order chi connectivity index (χ0) is 73.7. The number of ether oxygens (including phenoxy) is 5. The number of rotatable bonds is 21. The fraction of sp³-hybridized carbons (Fsp3) is 0.649. The number of aromatic amines is 1. The minimum absolute atomic E-state index is 0.0333. The number of pyridine rings is 2. The highest BCUT2D eigenvalue weighted by Gasteiger charge is 2.57. The first-order chi connectivity index (χ1) is 48.7. The van der Waals surface area contributed by atoms with Gasteiger partial charge >= 0.3 is 5.97 Å². The Balaban J connectivity index is 0.795. The number of cyclic esters (lactones) is 1. The van der Waals surface area contributed by atoms with Crippen molar-refractivity contribution in [3.63, 3.8) is 0 Å². The monoisotopic (exact) mass is 1430 g/mol. The van der Waals surface area contributed by atoms with Gasteiger partial charge in [-0.1, -0.05) is 38.5 Å². The number of amides is 3. The molecule has 102 heavy (non-hydrogen) atoms. The Kier molecular flexibility index (Phi) is 28.3. The smallest absolute Gasteiger partial charge is 0.329 e. The first-order valence-electron chi connectivity index (χ1n) is 36.8. The van der Waals surface area contributed by atoms with Gasteiger partial charge in [0.25, 0.3) is 23.2 Å². The Bertz CT molecular complexity index is 3680. The molecule has 5 aliphatic rings. The number of H-pyrrole nitrogens is 1. The van der Waals surface area contributed by atoms with Crippen LogP contribution in [-0.2, 0) is 54.2 Å². The van der Waals surface area contributed by atoms with Crippen molar-refractivity contribution in [1.29, 1.82) is 0 Å². The summed E-state index contributed by atoms with van der Waals surface area (Å²) in [5.74, 6) is -6.34. The van der Waals surface area contributed by atoms with Crippen molar-refractivity contribution in [1.82, 2.24) is 40.2 Å². The second-order valence-electron chi connectivity index (χ2n) is 29.6. The van der Waals surface area contributed by atoms with Crippen LogP contribution in [0, 0.1) is 43.4 Å². The van der Waals surface area contributed by atoms with Crippen molar-refractivity contribution in [3.8, 4) is 11.1 Å². The van der Waals surface area contributed by atoms with Gasteiger partial charge in [-0.3, -0.25) is 38.3 Å². The number of carbonyl (C=O) groups is 6. The highest BCUT2D eigenvalue weighted by atomic mass is 32.2. The number of aliphatic hydroxyl groups excluding tert-OH is 2. The van der Waals surface area contributed by atoms with Crippen LogP contribution in [0.15, 0.2) is 70.8 Å². The number of fused-ring (bicyclic) bond motifs is 4. The van der Waals surface area contributed by atoms with E-state index >= 15 is 0 Å². The minimum atomic E-state index is -2.56. The lowest BCUT2D eigenvalue weighted by molar-refractivity contribution is -0.302. The number of esters is 1. The zero-order valence-corrected chi connectivity index (χ0v) is 62.7. The van der Waals surface area contributed by atoms with Gasteiger partial charge in [-0.05, 0) is 177 Å². The summed E-state index contributed by atoms with van der Waals surface area (Å²) in [6.45, 7) is 21.4. The molecule has 14 atom stereocenters. The number of piperazine rings is 1. The van der Waals surface area contributed by atoms with Crippen LogP contribution in [0.3, 0.4) is 0 Å². The van der Waals surface area contributed by atoms with Crippen LogP contribution in [0.4, 0.5) is 5.82 Å². The van der Waals surface area contributed by atoms with Crippen LogP contribution >= 0.6 is 11.8 Å². The third-order valence-corrected chi connectivity index (χ3v) is 22.7. The molecular formula is C77H111N9O15S. The Morgan fingerprint density at radius 2 is 1.58 bits per heavy atom. The quantitative estimate of drug-likeness (QED) is 0.0198. The molecule has 1 aromatic carbocycles. The van der Waals surface area contributed by atoms with Crippen LogP contribution < -0.4 is 21.1 Å². The zero-order valence-electron chi connectivity index (χ0n) is 61.9. The van der Waals surface area contributed by atoms with Gasteiger partial charge in [0.1, 0.15) is 29.9 Å². The molecule has 4 fully saturated rings. The van der Waals surface area contributed by atoms with Crippen molar-refractivity contribution >= 4 is 63.7 Å². The summed E-state index contributed by atoms with van der Waals surface area (Å²) in [4.78, 5) is 112. The van der Waals surface area contributed by atoms with Gasteiger partial charge < -0.3 is 64.4 Å². The van der Waals surface area contributed by atoms with E-state index in [-0.39, 0.29) is 73.4 Å². The van der Waals surface area contributed by atoms with Gasteiger partial charge in [0.2, 0.25) is 11.7 Å². The highest BCUT2D eigenvalue weighted by Crippen LogP contribution is 2.40. The number of anilines is 1. The topological polar surface area (TPSA) is 307 Å². The molecule has 3 amide bonds. The van der Waals surface area contributed by atoms with Crippen LogP contribution in [0.2, 0.25) is 0 Å². The first kappa shape index (κ1) is 79.4. The molecule has 25 heteroatoms. The van der Waals surface area contributed by atoms with E-state index in [2.05, 4.69) is 30.5 Å². The van der Waals surface area contributed by atoms with Gasteiger partial charge in [-0.25, -0.2) is 9.78 Å². The van der Waals surface area contributed by atoms with E-state index < -0.39 is 90.0 Å². The summed E-state index contributed by atoms with van der Waals surface area (Å²) in [6, 6.07) is 8.67. The maximum atomic E-state index is 14.8. The fourth-order valence-corrected chi connectivity index (χ4v) is 16.5. The van der Waals surface area contributed by atoms with Crippen molar-refractivity contribution in [3.05, 3.63) is 98.8 Å². The number of hydrogen-bond donors (Lipinski definition) is 6. The van der Waals surface area contributed by atoms with Crippen LogP contribution in [-0.4, -0.2) is 213 Å². The lowest BCUT2D eigenvalue weighted by Crippen LogP contribution is -2.64. The van der Waals surface area contributed by atoms with Crippen molar-refractivity contribution in [2.45, 2.75) is 213 Å². The third kappa shape index (κ3) is 19.6. The third-order valence-electron chi connectivity index (χ3n) is 21.6. The molecule has 9 rings (SSSR count). The first-order valence-corrected chi connectivity index (χ1v) is 37.9. The molecule has 1 saturated carbocycles. The number of nitrogens with one attached hydrogen (secondary N) is 3. The molecule has 24 nitrogen and oxygen atoms in total. The molecule has 1 aliphatic carbocycles. The Morgan fingerprint density at radius 1 is 0.843 bits per heavy atom. The second-order valence-corrected chi connectivity index (χ2v) is 30.8. The molecule has 0 unspecified atom stereocenters. The average molecular weight is 1430 g/mol. The van der Waals surface area contributed by atoms with Crippen LogP contribution in [0.1, 0.15) is 165 Å². The SMILES string of the molecule is CO[C@H]1C[C@@H](C)C/C(C)=C/[C@@H](CCCSCCC(=O)NCCN2CCN(c3ccc(-c4cc(C(=O)NCc5c(C)cc(C)[nH]c5=O)c5cnn(C(C)C)c5c4)cn3)CC2)C(=O)C[C@H](O)[C@@H](C)[C@@H](/C(C)=C/[C@@H]2CC[C@@H](O)[C@H](OC)C2)OC(=O)[C@@H]2CCCCN2C(=O)C(=O)[C@]2(O)O[C@H]1[C@@H](OC)C[C@H]2C. The molecule has 0 radical (unpaired) electrons. The van der Waals surface area contributed by atoms with E-state index in [4.69, 9.17) is 28.7 Å². The number of nitrogens with zero attached hydrogens (tertiary/aromatic N) is 6.